The molecule has 0 bridgehead atoms. The predicted octanol–water partition coefficient (Wildman–Crippen LogP) is 3.06. The summed E-state index contributed by atoms with van der Waals surface area (Å²) < 4.78 is 0. The lowest BCUT2D eigenvalue weighted by Crippen LogP contribution is -2.27. The van der Waals surface area contributed by atoms with Gasteiger partial charge in [0.2, 0.25) is 0 Å². The molecule has 0 fully saturated rings. The average Bonchev–Trinajstić information content (AvgIpc) is 2.25. The lowest BCUT2D eigenvalue weighted by atomic mass is 10.0. The molecule has 1 aromatic rings. The third kappa shape index (κ3) is 3.63. The van der Waals surface area contributed by atoms with Gasteiger partial charge in [-0.3, -0.25) is 0 Å². The van der Waals surface area contributed by atoms with E-state index in [1.165, 1.54) is 0 Å². The fourth-order valence-corrected chi connectivity index (χ4v) is 1.95. The van der Waals surface area contributed by atoms with Crippen molar-refractivity contribution in [3.05, 3.63) is 33.8 Å². The Hall–Kier alpha value is -0.280. The van der Waals surface area contributed by atoms with E-state index in [1.807, 2.05) is 6.92 Å². The molecule has 90 valence electrons. The van der Waals surface area contributed by atoms with Crippen LogP contribution in [-0.2, 0) is 6.42 Å². The molecule has 4 heteroatoms. The van der Waals surface area contributed by atoms with Crippen LogP contribution >= 0.6 is 23.2 Å². The first-order valence-electron chi connectivity index (χ1n) is 5.35. The summed E-state index contributed by atoms with van der Waals surface area (Å²) in [6.45, 7) is 1.96. The summed E-state index contributed by atoms with van der Waals surface area (Å²) in [6.07, 6.45) is 0.234. The second-order valence-corrected chi connectivity index (χ2v) is 4.63. The van der Waals surface area contributed by atoms with Crippen molar-refractivity contribution in [1.29, 1.82) is 0 Å². The number of aliphatic hydroxyl groups is 2. The smallest absolute Gasteiger partial charge is 0.0839 e. The van der Waals surface area contributed by atoms with Crippen molar-refractivity contribution in [2.24, 2.45) is 0 Å². The minimum absolute atomic E-state index is 0.320. The van der Waals surface area contributed by atoms with Gasteiger partial charge in [-0.2, -0.15) is 0 Å². The van der Waals surface area contributed by atoms with Crippen molar-refractivity contribution in [1.82, 2.24) is 0 Å². The second-order valence-electron chi connectivity index (χ2n) is 3.84. The highest BCUT2D eigenvalue weighted by molar-refractivity contribution is 6.42. The molecule has 2 nitrogen and oxygen atoms in total. The zero-order valence-corrected chi connectivity index (χ0v) is 10.7. The Morgan fingerprint density at radius 3 is 2.50 bits per heavy atom. The number of halogens is 2. The Labute approximate surface area is 106 Å². The molecule has 1 aromatic carbocycles. The van der Waals surface area contributed by atoms with Gasteiger partial charge in [0.05, 0.1) is 22.3 Å². The van der Waals surface area contributed by atoms with E-state index in [0.717, 1.165) is 12.0 Å². The molecule has 2 N–H and O–H groups in total. The average molecular weight is 263 g/mol. The number of hydrogen-bond donors (Lipinski definition) is 2. The van der Waals surface area contributed by atoms with Gasteiger partial charge in [-0.1, -0.05) is 48.7 Å². The molecular weight excluding hydrogens is 247 g/mol. The molecule has 0 aliphatic carbocycles. The van der Waals surface area contributed by atoms with Gasteiger partial charge in [-0.25, -0.2) is 0 Å². The molecule has 0 aromatic heterocycles. The SMILES string of the molecule is CCCC(O)C(O)Cc1cccc(Cl)c1Cl. The Morgan fingerprint density at radius 1 is 1.19 bits per heavy atom. The third-order valence-corrected chi connectivity index (χ3v) is 3.35. The van der Waals surface area contributed by atoms with E-state index in [9.17, 15) is 10.2 Å². The molecule has 0 aliphatic heterocycles. The van der Waals surface area contributed by atoms with Crippen LogP contribution in [0.4, 0.5) is 0 Å². The first-order chi connectivity index (χ1) is 7.56. The van der Waals surface area contributed by atoms with Gasteiger partial charge in [0.25, 0.3) is 0 Å². The molecular formula is C12H16Cl2O2. The number of aliphatic hydroxyl groups excluding tert-OH is 2. The van der Waals surface area contributed by atoms with Crippen molar-refractivity contribution in [3.63, 3.8) is 0 Å². The van der Waals surface area contributed by atoms with E-state index in [1.54, 1.807) is 18.2 Å². The quantitative estimate of drug-likeness (QED) is 0.857. The summed E-state index contributed by atoms with van der Waals surface area (Å²) in [5, 5.41) is 20.3. The first kappa shape index (κ1) is 13.8. The molecule has 0 heterocycles. The molecule has 2 unspecified atom stereocenters. The van der Waals surface area contributed by atoms with Crippen LogP contribution in [0.3, 0.4) is 0 Å². The lowest BCUT2D eigenvalue weighted by molar-refractivity contribution is 0.0148. The van der Waals surface area contributed by atoms with Gasteiger partial charge in [0, 0.05) is 6.42 Å². The van der Waals surface area contributed by atoms with E-state index in [-0.39, 0.29) is 0 Å². The first-order valence-corrected chi connectivity index (χ1v) is 6.10. The second kappa shape index (κ2) is 6.45. The molecule has 0 aliphatic rings. The molecule has 0 spiro atoms. The molecule has 16 heavy (non-hydrogen) atoms. The van der Waals surface area contributed by atoms with E-state index in [0.29, 0.717) is 22.9 Å². The van der Waals surface area contributed by atoms with Crippen LogP contribution in [0.1, 0.15) is 25.3 Å². The van der Waals surface area contributed by atoms with E-state index in [4.69, 9.17) is 23.2 Å². The maximum absolute atomic E-state index is 9.77. The highest BCUT2D eigenvalue weighted by Crippen LogP contribution is 2.26. The Morgan fingerprint density at radius 2 is 1.88 bits per heavy atom. The summed E-state index contributed by atoms with van der Waals surface area (Å²) in [5.41, 5.74) is 0.761. The van der Waals surface area contributed by atoms with Crippen LogP contribution in [0.5, 0.6) is 0 Å². The Balaban J connectivity index is 2.69. The monoisotopic (exact) mass is 262 g/mol. The topological polar surface area (TPSA) is 40.5 Å². The van der Waals surface area contributed by atoms with Gasteiger partial charge < -0.3 is 10.2 Å². The predicted molar refractivity (Wildman–Crippen MR) is 67.1 cm³/mol. The molecule has 0 amide bonds. The highest BCUT2D eigenvalue weighted by Gasteiger charge is 2.17. The summed E-state index contributed by atoms with van der Waals surface area (Å²) >= 11 is 11.9. The summed E-state index contributed by atoms with van der Waals surface area (Å²) in [6, 6.07) is 5.28. The Bertz CT molecular complexity index is 342. The van der Waals surface area contributed by atoms with Crippen LogP contribution in [-0.4, -0.2) is 22.4 Å². The van der Waals surface area contributed by atoms with Crippen LogP contribution in [0, 0.1) is 0 Å². The fourth-order valence-electron chi connectivity index (χ4n) is 1.56. The molecule has 0 saturated heterocycles. The largest absolute Gasteiger partial charge is 0.390 e. The maximum Gasteiger partial charge on any atom is 0.0839 e. The molecule has 0 radical (unpaired) electrons. The number of benzene rings is 1. The lowest BCUT2D eigenvalue weighted by Gasteiger charge is -2.17. The summed E-state index contributed by atoms with van der Waals surface area (Å²) in [5.74, 6) is 0. The maximum atomic E-state index is 9.77. The normalized spacial score (nSPS) is 14.8. The van der Waals surface area contributed by atoms with E-state index >= 15 is 0 Å². The zero-order chi connectivity index (χ0) is 12.1. The summed E-state index contributed by atoms with van der Waals surface area (Å²) in [4.78, 5) is 0. The minimum Gasteiger partial charge on any atom is -0.390 e. The fraction of sp³-hybridized carbons (Fsp3) is 0.500. The van der Waals surface area contributed by atoms with Crippen molar-refractivity contribution >= 4 is 23.2 Å². The highest BCUT2D eigenvalue weighted by atomic mass is 35.5. The minimum atomic E-state index is -0.795. The third-order valence-electron chi connectivity index (χ3n) is 2.49. The van der Waals surface area contributed by atoms with Crippen LogP contribution in [0.25, 0.3) is 0 Å². The zero-order valence-electron chi connectivity index (χ0n) is 9.16. The Kier molecular flexibility index (Phi) is 5.56. The van der Waals surface area contributed by atoms with Gasteiger partial charge in [0.1, 0.15) is 0 Å². The van der Waals surface area contributed by atoms with Crippen LogP contribution in [0.15, 0.2) is 18.2 Å². The van der Waals surface area contributed by atoms with Gasteiger partial charge in [-0.05, 0) is 18.1 Å². The van der Waals surface area contributed by atoms with Crippen molar-refractivity contribution in [3.8, 4) is 0 Å². The van der Waals surface area contributed by atoms with Crippen molar-refractivity contribution < 1.29 is 10.2 Å². The van der Waals surface area contributed by atoms with E-state index < -0.39 is 12.2 Å². The number of rotatable bonds is 5. The number of hydrogen-bond acceptors (Lipinski definition) is 2. The van der Waals surface area contributed by atoms with Crippen LogP contribution in [0.2, 0.25) is 10.0 Å². The van der Waals surface area contributed by atoms with Crippen molar-refractivity contribution in [2.75, 3.05) is 0 Å². The van der Waals surface area contributed by atoms with Gasteiger partial charge in [-0.15, -0.1) is 0 Å². The van der Waals surface area contributed by atoms with Crippen LogP contribution < -0.4 is 0 Å². The van der Waals surface area contributed by atoms with Gasteiger partial charge >= 0.3 is 0 Å². The molecule has 2 atom stereocenters. The summed E-state index contributed by atoms with van der Waals surface area (Å²) in [7, 11) is 0. The van der Waals surface area contributed by atoms with Crippen molar-refractivity contribution in [2.45, 2.75) is 38.4 Å². The standard InChI is InChI=1S/C12H16Cl2O2/c1-2-4-10(15)11(16)7-8-5-3-6-9(13)12(8)14/h3,5-6,10-11,15-16H,2,4,7H2,1H3. The van der Waals surface area contributed by atoms with Gasteiger partial charge in [0.15, 0.2) is 0 Å². The molecule has 0 saturated carbocycles. The molecule has 1 rings (SSSR count). The van der Waals surface area contributed by atoms with E-state index in [2.05, 4.69) is 0 Å².